The molecule has 0 spiro atoms. The number of carbonyl (C=O) groups is 3. The quantitative estimate of drug-likeness (QED) is 0.563. The normalized spacial score (nSPS) is 19.3. The predicted octanol–water partition coefficient (Wildman–Crippen LogP) is 1.52. The largest absolute Gasteiger partial charge is 0.458 e. The molecule has 2 amide bonds. The molecule has 1 unspecified atom stereocenters. The number of aromatic nitrogens is 2. The summed E-state index contributed by atoms with van der Waals surface area (Å²) in [5, 5.41) is 0. The number of rotatable bonds is 5. The fraction of sp³-hybridized carbons (Fsp3) is 0.550. The van der Waals surface area contributed by atoms with Crippen LogP contribution in [0.25, 0.3) is 0 Å². The van der Waals surface area contributed by atoms with Crippen molar-refractivity contribution in [2.45, 2.75) is 39.7 Å². The molecule has 2 fully saturated rings. The molecule has 1 aromatic heterocycles. The number of carbonyl (C=O) groups excluding carboxylic acids is 3. The van der Waals surface area contributed by atoms with Crippen LogP contribution in [0.15, 0.2) is 12.7 Å². The van der Waals surface area contributed by atoms with Crippen LogP contribution in [-0.2, 0) is 9.53 Å². The number of esters is 1. The fourth-order valence-electron chi connectivity index (χ4n) is 3.50. The topological polar surface area (TPSA) is 92.7 Å². The Morgan fingerprint density at radius 3 is 2.54 bits per heavy atom. The maximum atomic E-state index is 13.2. The number of aryl methyl sites for hydroxylation is 2. The van der Waals surface area contributed by atoms with Crippen LogP contribution in [-0.4, -0.2) is 69.8 Å². The van der Waals surface area contributed by atoms with Gasteiger partial charge in [0.15, 0.2) is 0 Å². The zero-order valence-corrected chi connectivity index (χ0v) is 16.6. The number of piperazine rings is 1. The highest BCUT2D eigenvalue weighted by Gasteiger charge is 2.39. The molecule has 0 aromatic carbocycles. The van der Waals surface area contributed by atoms with Crippen LogP contribution in [0.2, 0.25) is 0 Å². The highest BCUT2D eigenvalue weighted by atomic mass is 16.5. The summed E-state index contributed by atoms with van der Waals surface area (Å²) in [5.41, 5.74) is 0.537. The van der Waals surface area contributed by atoms with Crippen LogP contribution in [0.1, 0.15) is 52.1 Å². The van der Waals surface area contributed by atoms with Gasteiger partial charge in [-0.05, 0) is 33.6 Å². The molecular weight excluding hydrogens is 360 g/mol. The summed E-state index contributed by atoms with van der Waals surface area (Å²) < 4.78 is 5.12. The van der Waals surface area contributed by atoms with Crippen LogP contribution < -0.4 is 0 Å². The van der Waals surface area contributed by atoms with E-state index in [1.165, 1.54) is 6.08 Å². The second-order valence-corrected chi connectivity index (χ2v) is 7.37. The van der Waals surface area contributed by atoms with Gasteiger partial charge in [-0.3, -0.25) is 9.59 Å². The van der Waals surface area contributed by atoms with Gasteiger partial charge in [0.2, 0.25) is 5.91 Å². The third-order valence-corrected chi connectivity index (χ3v) is 5.07. The van der Waals surface area contributed by atoms with Crippen molar-refractivity contribution in [2.75, 3.05) is 26.2 Å². The molecule has 2 aliphatic rings. The van der Waals surface area contributed by atoms with E-state index in [0.717, 1.165) is 12.8 Å². The first kappa shape index (κ1) is 20.0. The van der Waals surface area contributed by atoms with E-state index in [2.05, 4.69) is 16.5 Å². The van der Waals surface area contributed by atoms with E-state index < -0.39 is 5.97 Å². The zero-order chi connectivity index (χ0) is 20.4. The smallest absolute Gasteiger partial charge is 0.342 e. The summed E-state index contributed by atoms with van der Waals surface area (Å²) >= 11 is 0. The van der Waals surface area contributed by atoms with Crippen LogP contribution in [0.3, 0.4) is 0 Å². The Morgan fingerprint density at radius 2 is 1.93 bits per heavy atom. The minimum atomic E-state index is -0.642. The number of nitrogens with zero attached hydrogens (tertiary/aromatic N) is 4. The third-order valence-electron chi connectivity index (χ3n) is 5.07. The average Bonchev–Trinajstić information content (AvgIpc) is 3.49. The van der Waals surface area contributed by atoms with Crippen LogP contribution in [0.5, 0.6) is 0 Å². The Labute approximate surface area is 164 Å². The molecule has 3 rings (SSSR count). The molecule has 1 atom stereocenters. The van der Waals surface area contributed by atoms with Crippen molar-refractivity contribution >= 4 is 17.8 Å². The molecule has 0 bridgehead atoms. The first-order chi connectivity index (χ1) is 13.3. The van der Waals surface area contributed by atoms with E-state index in [0.29, 0.717) is 31.2 Å². The van der Waals surface area contributed by atoms with E-state index in [1.54, 1.807) is 18.7 Å². The summed E-state index contributed by atoms with van der Waals surface area (Å²) in [6.07, 6.45) is 3.38. The summed E-state index contributed by atoms with van der Waals surface area (Å²) in [6, 6.07) is -0.0778. The SMILES string of the molecule is C=CCOC(=O)c1c(C)nc(C)nc1C(=O)N1CCN(C(=O)C2CC2)C(C)C1. The molecule has 0 radical (unpaired) electrons. The highest BCUT2D eigenvalue weighted by molar-refractivity contribution is 6.04. The van der Waals surface area contributed by atoms with Crippen molar-refractivity contribution in [1.29, 1.82) is 0 Å². The molecule has 8 nitrogen and oxygen atoms in total. The van der Waals surface area contributed by atoms with Crippen molar-refractivity contribution in [2.24, 2.45) is 5.92 Å². The summed E-state index contributed by atoms with van der Waals surface area (Å²) in [5.74, 6) is -0.234. The van der Waals surface area contributed by atoms with E-state index in [9.17, 15) is 14.4 Å². The lowest BCUT2D eigenvalue weighted by atomic mass is 10.1. The van der Waals surface area contributed by atoms with Crippen molar-refractivity contribution < 1.29 is 19.1 Å². The van der Waals surface area contributed by atoms with Crippen LogP contribution >= 0.6 is 0 Å². The zero-order valence-electron chi connectivity index (χ0n) is 16.6. The number of ether oxygens (including phenoxy) is 1. The van der Waals surface area contributed by atoms with Gasteiger partial charge in [-0.1, -0.05) is 12.7 Å². The molecule has 0 N–H and O–H groups in total. The molecule has 150 valence electrons. The number of hydrogen-bond acceptors (Lipinski definition) is 6. The van der Waals surface area contributed by atoms with Gasteiger partial charge in [0.05, 0.1) is 5.69 Å². The van der Waals surface area contributed by atoms with Gasteiger partial charge in [-0.25, -0.2) is 14.8 Å². The molecule has 2 heterocycles. The van der Waals surface area contributed by atoms with E-state index in [4.69, 9.17) is 4.74 Å². The minimum Gasteiger partial charge on any atom is -0.458 e. The van der Waals surface area contributed by atoms with Crippen molar-refractivity contribution in [3.63, 3.8) is 0 Å². The summed E-state index contributed by atoms with van der Waals surface area (Å²) in [4.78, 5) is 50.0. The summed E-state index contributed by atoms with van der Waals surface area (Å²) in [6.45, 7) is 10.1. The minimum absolute atomic E-state index is 0.0404. The van der Waals surface area contributed by atoms with E-state index in [1.807, 2.05) is 11.8 Å². The van der Waals surface area contributed by atoms with Gasteiger partial charge in [0.25, 0.3) is 5.91 Å². The predicted molar refractivity (Wildman–Crippen MR) is 102 cm³/mol. The Hall–Kier alpha value is -2.77. The summed E-state index contributed by atoms with van der Waals surface area (Å²) in [7, 11) is 0. The monoisotopic (exact) mass is 386 g/mol. The first-order valence-corrected chi connectivity index (χ1v) is 9.56. The standard InChI is InChI=1S/C20H26N4O4/c1-5-10-28-20(27)16-13(3)21-14(4)22-17(16)19(26)23-8-9-24(12(2)11-23)18(25)15-6-7-15/h5,12,15H,1,6-11H2,2-4H3. The molecule has 28 heavy (non-hydrogen) atoms. The maximum absolute atomic E-state index is 13.2. The van der Waals surface area contributed by atoms with Crippen molar-refractivity contribution in [3.8, 4) is 0 Å². The van der Waals surface area contributed by atoms with Gasteiger partial charge < -0.3 is 14.5 Å². The molecule has 1 aromatic rings. The lowest BCUT2D eigenvalue weighted by molar-refractivity contribution is -0.136. The molecule has 1 aliphatic heterocycles. The first-order valence-electron chi connectivity index (χ1n) is 9.56. The third kappa shape index (κ3) is 4.05. The molecule has 1 saturated carbocycles. The van der Waals surface area contributed by atoms with Gasteiger partial charge >= 0.3 is 5.97 Å². The van der Waals surface area contributed by atoms with Crippen molar-refractivity contribution in [1.82, 2.24) is 19.8 Å². The van der Waals surface area contributed by atoms with E-state index in [-0.39, 0.29) is 41.6 Å². The van der Waals surface area contributed by atoms with Gasteiger partial charge in [-0.2, -0.15) is 0 Å². The highest BCUT2D eigenvalue weighted by Crippen LogP contribution is 2.32. The number of hydrogen-bond donors (Lipinski definition) is 0. The Morgan fingerprint density at radius 1 is 1.21 bits per heavy atom. The lowest BCUT2D eigenvalue weighted by Crippen LogP contribution is -2.56. The average molecular weight is 386 g/mol. The molecule has 8 heteroatoms. The number of amides is 2. The van der Waals surface area contributed by atoms with Crippen LogP contribution in [0, 0.1) is 19.8 Å². The van der Waals surface area contributed by atoms with Gasteiger partial charge in [0.1, 0.15) is 23.7 Å². The Bertz CT molecular complexity index is 819. The Kier molecular flexibility index (Phi) is 5.76. The molecular formula is C20H26N4O4. The van der Waals surface area contributed by atoms with Gasteiger partial charge in [0, 0.05) is 31.6 Å². The van der Waals surface area contributed by atoms with Crippen LogP contribution in [0.4, 0.5) is 0 Å². The molecule has 1 aliphatic carbocycles. The maximum Gasteiger partial charge on any atom is 0.342 e. The second kappa shape index (κ2) is 8.08. The molecule has 1 saturated heterocycles. The lowest BCUT2D eigenvalue weighted by Gasteiger charge is -2.40. The van der Waals surface area contributed by atoms with Gasteiger partial charge in [-0.15, -0.1) is 0 Å². The fourth-order valence-corrected chi connectivity index (χ4v) is 3.50. The Balaban J connectivity index is 1.81. The van der Waals surface area contributed by atoms with Crippen molar-refractivity contribution in [3.05, 3.63) is 35.4 Å². The second-order valence-electron chi connectivity index (χ2n) is 7.37. The van der Waals surface area contributed by atoms with E-state index >= 15 is 0 Å².